The van der Waals surface area contributed by atoms with Gasteiger partial charge in [0.25, 0.3) is 0 Å². The molecule has 18 heavy (non-hydrogen) atoms. The zero-order chi connectivity index (χ0) is 12.5. The summed E-state index contributed by atoms with van der Waals surface area (Å²) in [5.41, 5.74) is 7.53. The van der Waals surface area contributed by atoms with E-state index < -0.39 is 5.54 Å². The number of hydrogen-bond donors (Lipinski definition) is 1. The van der Waals surface area contributed by atoms with Crippen LogP contribution in [0.1, 0.15) is 32.2 Å². The van der Waals surface area contributed by atoms with E-state index in [1.165, 1.54) is 5.56 Å². The van der Waals surface area contributed by atoms with Gasteiger partial charge in [-0.2, -0.15) is 4.98 Å². The minimum absolute atomic E-state index is 0. The molecule has 2 rings (SSSR count). The van der Waals surface area contributed by atoms with Crippen LogP contribution in [0.15, 0.2) is 28.8 Å². The molecule has 0 saturated carbocycles. The van der Waals surface area contributed by atoms with Crippen molar-refractivity contribution in [2.75, 3.05) is 0 Å². The van der Waals surface area contributed by atoms with Crippen molar-refractivity contribution in [2.45, 2.75) is 32.7 Å². The monoisotopic (exact) mass is 267 g/mol. The third-order valence-corrected chi connectivity index (χ3v) is 2.60. The average Bonchev–Trinajstić information content (AvgIpc) is 2.78. The minimum atomic E-state index is -0.603. The van der Waals surface area contributed by atoms with E-state index in [0.717, 1.165) is 12.0 Å². The quantitative estimate of drug-likeness (QED) is 0.929. The molecule has 0 amide bonds. The highest BCUT2D eigenvalue weighted by Crippen LogP contribution is 2.20. The van der Waals surface area contributed by atoms with Crippen molar-refractivity contribution >= 4 is 12.4 Å². The van der Waals surface area contributed by atoms with Crippen LogP contribution in [-0.4, -0.2) is 10.1 Å². The molecule has 1 aromatic carbocycles. The first kappa shape index (κ1) is 14.7. The van der Waals surface area contributed by atoms with Crippen molar-refractivity contribution in [1.82, 2.24) is 10.1 Å². The molecule has 0 spiro atoms. The van der Waals surface area contributed by atoms with Gasteiger partial charge in [-0.1, -0.05) is 36.3 Å². The van der Waals surface area contributed by atoms with Crippen LogP contribution in [0, 0.1) is 0 Å². The molecular formula is C13H18ClN3O. The largest absolute Gasteiger partial charge is 0.337 e. The molecule has 0 aliphatic rings. The molecule has 98 valence electrons. The predicted octanol–water partition coefficient (Wildman–Crippen LogP) is 2.91. The topological polar surface area (TPSA) is 64.9 Å². The van der Waals surface area contributed by atoms with Gasteiger partial charge >= 0.3 is 0 Å². The maximum absolute atomic E-state index is 5.90. The zero-order valence-electron chi connectivity index (χ0n) is 10.8. The molecule has 0 aliphatic heterocycles. The number of nitrogens with zero attached hydrogens (tertiary/aromatic N) is 2. The van der Waals surface area contributed by atoms with Gasteiger partial charge in [-0.15, -0.1) is 12.4 Å². The second kappa shape index (κ2) is 5.50. The SMILES string of the molecule is CCc1ccc(-c2noc(C(C)(C)N)n2)cc1.Cl. The number of halogens is 1. The van der Waals surface area contributed by atoms with Crippen molar-refractivity contribution in [3.63, 3.8) is 0 Å². The highest BCUT2D eigenvalue weighted by atomic mass is 35.5. The van der Waals surface area contributed by atoms with Gasteiger partial charge in [0.2, 0.25) is 11.7 Å². The standard InChI is InChI=1S/C13H17N3O.ClH/c1-4-9-5-7-10(8-6-9)11-15-12(17-16-11)13(2,3)14;/h5-8H,4,14H2,1-3H3;1H. The molecule has 4 nitrogen and oxygen atoms in total. The fourth-order valence-corrected chi connectivity index (χ4v) is 1.49. The summed E-state index contributed by atoms with van der Waals surface area (Å²) < 4.78 is 5.15. The molecule has 1 aromatic heterocycles. The Labute approximate surface area is 113 Å². The summed E-state index contributed by atoms with van der Waals surface area (Å²) in [5, 5.41) is 3.94. The third-order valence-electron chi connectivity index (χ3n) is 2.60. The predicted molar refractivity (Wildman–Crippen MR) is 73.6 cm³/mol. The first-order valence-electron chi connectivity index (χ1n) is 5.73. The summed E-state index contributed by atoms with van der Waals surface area (Å²) in [5.74, 6) is 1.04. The van der Waals surface area contributed by atoms with Gasteiger partial charge in [0, 0.05) is 5.56 Å². The van der Waals surface area contributed by atoms with Crippen LogP contribution in [-0.2, 0) is 12.0 Å². The van der Waals surface area contributed by atoms with Gasteiger partial charge in [-0.25, -0.2) is 0 Å². The van der Waals surface area contributed by atoms with Crippen LogP contribution in [0.4, 0.5) is 0 Å². The molecule has 0 radical (unpaired) electrons. The summed E-state index contributed by atoms with van der Waals surface area (Å²) in [6.07, 6.45) is 1.02. The molecule has 0 fully saturated rings. The number of aromatic nitrogens is 2. The summed E-state index contributed by atoms with van der Waals surface area (Å²) in [6, 6.07) is 8.13. The first-order valence-corrected chi connectivity index (χ1v) is 5.73. The van der Waals surface area contributed by atoms with Crippen molar-refractivity contribution in [2.24, 2.45) is 5.73 Å². The zero-order valence-corrected chi connectivity index (χ0v) is 11.6. The molecule has 2 aromatic rings. The Hall–Kier alpha value is -1.39. The van der Waals surface area contributed by atoms with E-state index in [1.54, 1.807) is 0 Å². The van der Waals surface area contributed by atoms with E-state index >= 15 is 0 Å². The van der Waals surface area contributed by atoms with E-state index in [4.69, 9.17) is 10.3 Å². The van der Waals surface area contributed by atoms with Crippen LogP contribution < -0.4 is 5.73 Å². The van der Waals surface area contributed by atoms with E-state index in [-0.39, 0.29) is 12.4 Å². The molecule has 0 aliphatic carbocycles. The molecule has 2 N–H and O–H groups in total. The van der Waals surface area contributed by atoms with Crippen LogP contribution in [0.3, 0.4) is 0 Å². The van der Waals surface area contributed by atoms with Crippen molar-refractivity contribution in [3.8, 4) is 11.4 Å². The number of rotatable bonds is 3. The Morgan fingerprint density at radius 2 is 1.83 bits per heavy atom. The lowest BCUT2D eigenvalue weighted by Gasteiger charge is -2.10. The number of hydrogen-bond acceptors (Lipinski definition) is 4. The summed E-state index contributed by atoms with van der Waals surface area (Å²) in [4.78, 5) is 4.30. The molecule has 5 heteroatoms. The van der Waals surface area contributed by atoms with Gasteiger partial charge in [0.15, 0.2) is 0 Å². The second-order valence-electron chi connectivity index (χ2n) is 4.70. The third kappa shape index (κ3) is 3.09. The lowest BCUT2D eigenvalue weighted by molar-refractivity contribution is 0.312. The van der Waals surface area contributed by atoms with Gasteiger partial charge in [-0.05, 0) is 25.8 Å². The lowest BCUT2D eigenvalue weighted by Crippen LogP contribution is -2.28. The fourth-order valence-electron chi connectivity index (χ4n) is 1.49. The average molecular weight is 268 g/mol. The highest BCUT2D eigenvalue weighted by Gasteiger charge is 2.22. The fraction of sp³-hybridized carbons (Fsp3) is 0.385. The molecular weight excluding hydrogens is 250 g/mol. The Morgan fingerprint density at radius 1 is 1.22 bits per heavy atom. The van der Waals surface area contributed by atoms with Gasteiger partial charge in [0.05, 0.1) is 5.54 Å². The molecule has 0 atom stereocenters. The first-order chi connectivity index (χ1) is 8.00. The Morgan fingerprint density at radius 3 is 2.28 bits per heavy atom. The Kier molecular flexibility index (Phi) is 4.48. The van der Waals surface area contributed by atoms with E-state index in [1.807, 2.05) is 26.0 Å². The second-order valence-corrected chi connectivity index (χ2v) is 4.70. The van der Waals surface area contributed by atoms with Crippen molar-refractivity contribution < 1.29 is 4.52 Å². The Bertz CT molecular complexity index is 500. The number of benzene rings is 1. The normalized spacial score (nSPS) is 11.1. The lowest BCUT2D eigenvalue weighted by atomic mass is 10.1. The highest BCUT2D eigenvalue weighted by molar-refractivity contribution is 5.85. The van der Waals surface area contributed by atoms with Crippen molar-refractivity contribution in [3.05, 3.63) is 35.7 Å². The van der Waals surface area contributed by atoms with Crippen LogP contribution >= 0.6 is 12.4 Å². The molecule has 1 heterocycles. The van der Waals surface area contributed by atoms with Gasteiger partial charge in [0.1, 0.15) is 0 Å². The maximum Gasteiger partial charge on any atom is 0.246 e. The number of nitrogens with two attached hydrogens (primary N) is 1. The molecule has 0 unspecified atom stereocenters. The van der Waals surface area contributed by atoms with Crippen LogP contribution in [0.25, 0.3) is 11.4 Å². The maximum atomic E-state index is 5.90. The number of aryl methyl sites for hydroxylation is 1. The summed E-state index contributed by atoms with van der Waals surface area (Å²) in [6.45, 7) is 5.80. The van der Waals surface area contributed by atoms with E-state index in [9.17, 15) is 0 Å². The summed E-state index contributed by atoms with van der Waals surface area (Å²) in [7, 11) is 0. The van der Waals surface area contributed by atoms with Crippen molar-refractivity contribution in [1.29, 1.82) is 0 Å². The molecule has 0 bridgehead atoms. The Balaban J connectivity index is 0.00000162. The van der Waals surface area contributed by atoms with Crippen LogP contribution in [0.5, 0.6) is 0 Å². The van der Waals surface area contributed by atoms with Gasteiger partial charge < -0.3 is 10.3 Å². The van der Waals surface area contributed by atoms with E-state index in [0.29, 0.717) is 11.7 Å². The van der Waals surface area contributed by atoms with Gasteiger partial charge in [-0.3, -0.25) is 0 Å². The van der Waals surface area contributed by atoms with Crippen LogP contribution in [0.2, 0.25) is 0 Å². The van der Waals surface area contributed by atoms with E-state index in [2.05, 4.69) is 29.2 Å². The minimum Gasteiger partial charge on any atom is -0.337 e. The molecule has 0 saturated heterocycles. The summed E-state index contributed by atoms with van der Waals surface area (Å²) >= 11 is 0. The smallest absolute Gasteiger partial charge is 0.246 e.